The summed E-state index contributed by atoms with van der Waals surface area (Å²) in [4.78, 5) is 4.34. The van der Waals surface area contributed by atoms with Crippen LogP contribution in [0.2, 0.25) is 5.02 Å². The highest BCUT2D eigenvalue weighted by molar-refractivity contribution is 6.30. The second kappa shape index (κ2) is 5.98. The normalized spacial score (nSPS) is 14.2. The maximum Gasteiger partial charge on any atom is 0.0589 e. The molecule has 1 aromatic carbocycles. The van der Waals surface area contributed by atoms with Crippen molar-refractivity contribution < 1.29 is 0 Å². The van der Waals surface area contributed by atoms with E-state index in [1.54, 1.807) is 6.20 Å². The van der Waals surface area contributed by atoms with Gasteiger partial charge in [0.25, 0.3) is 0 Å². The SMILES string of the molecule is CC(N)[C@@H](Cc1ccc(Cl)cn1)c1ccccc1. The zero-order valence-electron chi connectivity index (χ0n) is 10.4. The van der Waals surface area contributed by atoms with Crippen LogP contribution in [0, 0.1) is 0 Å². The van der Waals surface area contributed by atoms with Gasteiger partial charge < -0.3 is 5.73 Å². The number of rotatable bonds is 4. The van der Waals surface area contributed by atoms with Crippen LogP contribution in [0.1, 0.15) is 24.1 Å². The zero-order valence-corrected chi connectivity index (χ0v) is 11.1. The van der Waals surface area contributed by atoms with Crippen molar-refractivity contribution >= 4 is 11.6 Å². The maximum absolute atomic E-state index is 6.09. The van der Waals surface area contributed by atoms with E-state index >= 15 is 0 Å². The number of pyridine rings is 1. The van der Waals surface area contributed by atoms with Crippen LogP contribution in [0.3, 0.4) is 0 Å². The summed E-state index contributed by atoms with van der Waals surface area (Å²) in [6, 6.07) is 14.2. The predicted molar refractivity (Wildman–Crippen MR) is 75.8 cm³/mol. The Bertz CT molecular complexity index is 480. The Balaban J connectivity index is 2.19. The number of nitrogens with zero attached hydrogens (tertiary/aromatic N) is 1. The minimum absolute atomic E-state index is 0.0879. The van der Waals surface area contributed by atoms with Crippen molar-refractivity contribution in [1.82, 2.24) is 4.98 Å². The van der Waals surface area contributed by atoms with Gasteiger partial charge in [-0.3, -0.25) is 4.98 Å². The van der Waals surface area contributed by atoms with Crippen LogP contribution in [0.15, 0.2) is 48.7 Å². The molecule has 18 heavy (non-hydrogen) atoms. The summed E-state index contributed by atoms with van der Waals surface area (Å²) in [5, 5.41) is 0.663. The van der Waals surface area contributed by atoms with Crippen LogP contribution in [-0.2, 0) is 6.42 Å². The van der Waals surface area contributed by atoms with Crippen LogP contribution in [0.25, 0.3) is 0 Å². The third kappa shape index (κ3) is 3.31. The van der Waals surface area contributed by atoms with Gasteiger partial charge >= 0.3 is 0 Å². The van der Waals surface area contributed by atoms with Gasteiger partial charge in [0, 0.05) is 23.9 Å². The average molecular weight is 261 g/mol. The van der Waals surface area contributed by atoms with E-state index in [9.17, 15) is 0 Å². The highest BCUT2D eigenvalue weighted by atomic mass is 35.5. The Hall–Kier alpha value is -1.38. The largest absolute Gasteiger partial charge is 0.327 e. The molecule has 0 radical (unpaired) electrons. The van der Waals surface area contributed by atoms with E-state index in [1.165, 1.54) is 5.56 Å². The molecular formula is C15H17ClN2. The summed E-state index contributed by atoms with van der Waals surface area (Å²) < 4.78 is 0. The molecule has 2 rings (SSSR count). The number of hydrogen-bond donors (Lipinski definition) is 1. The van der Waals surface area contributed by atoms with Crippen molar-refractivity contribution in [2.75, 3.05) is 0 Å². The molecule has 2 nitrogen and oxygen atoms in total. The molecule has 94 valence electrons. The minimum atomic E-state index is 0.0879. The molecule has 0 amide bonds. The standard InChI is InChI=1S/C15H17ClN2/c1-11(17)15(12-5-3-2-4-6-12)9-14-8-7-13(16)10-18-14/h2-8,10-11,15H,9,17H2,1H3/t11?,15-/m1/s1. The minimum Gasteiger partial charge on any atom is -0.327 e. The van der Waals surface area contributed by atoms with Crippen molar-refractivity contribution in [2.24, 2.45) is 5.73 Å². The molecular weight excluding hydrogens is 244 g/mol. The molecule has 2 N–H and O–H groups in total. The van der Waals surface area contributed by atoms with Crippen molar-refractivity contribution in [2.45, 2.75) is 25.3 Å². The molecule has 1 aromatic heterocycles. The Labute approximate surface area is 113 Å². The average Bonchev–Trinajstić information content (AvgIpc) is 2.38. The quantitative estimate of drug-likeness (QED) is 0.915. The van der Waals surface area contributed by atoms with Crippen LogP contribution < -0.4 is 5.73 Å². The number of hydrogen-bond acceptors (Lipinski definition) is 2. The van der Waals surface area contributed by atoms with Gasteiger partial charge in [-0.25, -0.2) is 0 Å². The lowest BCUT2D eigenvalue weighted by Crippen LogP contribution is -2.26. The second-order valence-corrected chi connectivity index (χ2v) is 4.98. The van der Waals surface area contributed by atoms with Crippen LogP contribution in [0.4, 0.5) is 0 Å². The van der Waals surface area contributed by atoms with Crippen LogP contribution in [-0.4, -0.2) is 11.0 Å². The molecule has 0 aliphatic rings. The van der Waals surface area contributed by atoms with Gasteiger partial charge in [0.05, 0.1) is 5.02 Å². The van der Waals surface area contributed by atoms with E-state index in [-0.39, 0.29) is 12.0 Å². The van der Waals surface area contributed by atoms with Gasteiger partial charge in [0.2, 0.25) is 0 Å². The summed E-state index contributed by atoms with van der Waals surface area (Å²) in [5.74, 6) is 0.278. The lowest BCUT2D eigenvalue weighted by molar-refractivity contribution is 0.559. The van der Waals surface area contributed by atoms with Gasteiger partial charge in [-0.2, -0.15) is 0 Å². The first-order chi connectivity index (χ1) is 8.66. The molecule has 2 atom stereocenters. The van der Waals surface area contributed by atoms with Crippen molar-refractivity contribution in [3.63, 3.8) is 0 Å². The lowest BCUT2D eigenvalue weighted by atomic mass is 9.88. The van der Waals surface area contributed by atoms with E-state index in [4.69, 9.17) is 17.3 Å². The topological polar surface area (TPSA) is 38.9 Å². The molecule has 2 aromatic rings. The highest BCUT2D eigenvalue weighted by Crippen LogP contribution is 2.23. The molecule has 3 heteroatoms. The van der Waals surface area contributed by atoms with Crippen LogP contribution in [0.5, 0.6) is 0 Å². The number of nitrogens with two attached hydrogens (primary N) is 1. The summed E-state index contributed by atoms with van der Waals surface area (Å²) >= 11 is 5.84. The van der Waals surface area contributed by atoms with Gasteiger partial charge in [0.15, 0.2) is 0 Å². The summed E-state index contributed by atoms with van der Waals surface area (Å²) in [6.07, 6.45) is 2.51. The number of benzene rings is 1. The molecule has 0 aliphatic heterocycles. The summed E-state index contributed by atoms with van der Waals surface area (Å²) in [7, 11) is 0. The van der Waals surface area contributed by atoms with Gasteiger partial charge in [-0.1, -0.05) is 41.9 Å². The number of aromatic nitrogens is 1. The van der Waals surface area contributed by atoms with E-state index in [0.29, 0.717) is 5.02 Å². The monoisotopic (exact) mass is 260 g/mol. The van der Waals surface area contributed by atoms with E-state index in [2.05, 4.69) is 17.1 Å². The Morgan fingerprint density at radius 2 is 1.89 bits per heavy atom. The fraction of sp³-hybridized carbons (Fsp3) is 0.267. The third-order valence-corrected chi connectivity index (χ3v) is 3.30. The van der Waals surface area contributed by atoms with Crippen LogP contribution >= 0.6 is 11.6 Å². The lowest BCUT2D eigenvalue weighted by Gasteiger charge is -2.21. The first kappa shape index (κ1) is 13.1. The van der Waals surface area contributed by atoms with E-state index in [1.807, 2.05) is 37.3 Å². The Kier molecular flexibility index (Phi) is 4.34. The van der Waals surface area contributed by atoms with Gasteiger partial charge in [0.1, 0.15) is 0 Å². The van der Waals surface area contributed by atoms with Gasteiger partial charge in [-0.15, -0.1) is 0 Å². The second-order valence-electron chi connectivity index (χ2n) is 4.55. The molecule has 0 bridgehead atoms. The van der Waals surface area contributed by atoms with E-state index in [0.717, 1.165) is 12.1 Å². The third-order valence-electron chi connectivity index (χ3n) is 3.08. The maximum atomic E-state index is 6.09. The summed E-state index contributed by atoms with van der Waals surface area (Å²) in [6.45, 7) is 2.04. The predicted octanol–water partition coefficient (Wildman–Crippen LogP) is 3.41. The highest BCUT2D eigenvalue weighted by Gasteiger charge is 2.17. The molecule has 1 heterocycles. The van der Waals surface area contributed by atoms with E-state index < -0.39 is 0 Å². The molecule has 0 fully saturated rings. The van der Waals surface area contributed by atoms with Crippen molar-refractivity contribution in [3.8, 4) is 0 Å². The van der Waals surface area contributed by atoms with Gasteiger partial charge in [-0.05, 0) is 31.0 Å². The smallest absolute Gasteiger partial charge is 0.0589 e. The molecule has 0 spiro atoms. The fourth-order valence-corrected chi connectivity index (χ4v) is 2.17. The molecule has 0 saturated heterocycles. The zero-order chi connectivity index (χ0) is 13.0. The molecule has 1 unspecified atom stereocenters. The first-order valence-corrected chi connectivity index (χ1v) is 6.45. The van der Waals surface area contributed by atoms with Crippen molar-refractivity contribution in [3.05, 3.63) is 64.9 Å². The van der Waals surface area contributed by atoms with Crippen molar-refractivity contribution in [1.29, 1.82) is 0 Å². The Morgan fingerprint density at radius 1 is 1.17 bits per heavy atom. The molecule has 0 saturated carbocycles. The first-order valence-electron chi connectivity index (χ1n) is 6.08. The number of halogens is 1. The molecule has 0 aliphatic carbocycles. The summed E-state index contributed by atoms with van der Waals surface area (Å²) in [5.41, 5.74) is 8.37. The fourth-order valence-electron chi connectivity index (χ4n) is 2.06. The Morgan fingerprint density at radius 3 is 2.44 bits per heavy atom.